The maximum Gasteiger partial charge on any atom is 0.135 e. The maximum atomic E-state index is 9.41. The first-order valence-corrected chi connectivity index (χ1v) is 5.46. The number of fused-ring (bicyclic) bond motifs is 1. The zero-order valence-electron chi connectivity index (χ0n) is 8.56. The van der Waals surface area contributed by atoms with Crippen LogP contribution in [-0.4, -0.2) is 35.8 Å². The number of rotatable bonds is 1. The van der Waals surface area contributed by atoms with E-state index in [4.69, 9.17) is 0 Å². The third-order valence-corrected chi connectivity index (χ3v) is 3.49. The molecule has 0 radical (unpaired) electrons. The largest absolute Gasteiger partial charge is 0.506 e. The third-order valence-electron chi connectivity index (χ3n) is 3.49. The second-order valence-electron chi connectivity index (χ2n) is 4.37. The second-order valence-corrected chi connectivity index (χ2v) is 4.37. The van der Waals surface area contributed by atoms with Gasteiger partial charge in [-0.1, -0.05) is 0 Å². The Bertz CT molecular complexity index is 369. The predicted octanol–water partition coefficient (Wildman–Crippen LogP) is 0.585. The minimum atomic E-state index is 0.252. The van der Waals surface area contributed by atoms with Gasteiger partial charge in [0.25, 0.3) is 0 Å². The summed E-state index contributed by atoms with van der Waals surface area (Å²) in [6.07, 6.45) is 4.55. The van der Waals surface area contributed by atoms with E-state index in [1.165, 1.54) is 12.6 Å². The third kappa shape index (κ3) is 1.45. The standard InChI is InChI=1S/C11H15N3O/c15-10-3-9(5-13-6-10)14-2-1-8-4-12-7-11(8)14/h3,5-6,8,11-12,15H,1-2,4,7H2/t8-,11+/m0/s1. The van der Waals surface area contributed by atoms with Crippen LogP contribution < -0.4 is 10.2 Å². The number of pyridine rings is 1. The van der Waals surface area contributed by atoms with Gasteiger partial charge < -0.3 is 15.3 Å². The van der Waals surface area contributed by atoms with E-state index in [0.717, 1.165) is 31.2 Å². The maximum absolute atomic E-state index is 9.41. The van der Waals surface area contributed by atoms with Crippen molar-refractivity contribution in [1.29, 1.82) is 0 Å². The molecule has 0 aliphatic carbocycles. The van der Waals surface area contributed by atoms with Crippen LogP contribution in [0.1, 0.15) is 6.42 Å². The monoisotopic (exact) mass is 205 g/mol. The molecule has 1 aromatic rings. The van der Waals surface area contributed by atoms with Crippen molar-refractivity contribution in [3.8, 4) is 5.75 Å². The molecule has 3 rings (SSSR count). The Morgan fingerprint density at radius 2 is 2.33 bits per heavy atom. The van der Waals surface area contributed by atoms with Crippen LogP contribution in [0.2, 0.25) is 0 Å². The van der Waals surface area contributed by atoms with Crippen LogP contribution in [0.3, 0.4) is 0 Å². The molecule has 80 valence electrons. The number of aromatic nitrogens is 1. The van der Waals surface area contributed by atoms with Gasteiger partial charge in [-0.25, -0.2) is 0 Å². The normalized spacial score (nSPS) is 29.5. The van der Waals surface area contributed by atoms with E-state index in [9.17, 15) is 5.11 Å². The summed E-state index contributed by atoms with van der Waals surface area (Å²) in [5.74, 6) is 1.02. The molecule has 0 unspecified atom stereocenters. The van der Waals surface area contributed by atoms with E-state index in [2.05, 4.69) is 15.2 Å². The summed E-state index contributed by atoms with van der Waals surface area (Å²) in [4.78, 5) is 6.39. The van der Waals surface area contributed by atoms with Crippen molar-refractivity contribution in [2.24, 2.45) is 5.92 Å². The van der Waals surface area contributed by atoms with Gasteiger partial charge in [-0.3, -0.25) is 4.98 Å². The Hall–Kier alpha value is -1.29. The molecule has 2 fully saturated rings. The van der Waals surface area contributed by atoms with Crippen LogP contribution >= 0.6 is 0 Å². The minimum Gasteiger partial charge on any atom is -0.506 e. The average Bonchev–Trinajstić information content (AvgIpc) is 2.77. The number of aromatic hydroxyl groups is 1. The molecular formula is C11H15N3O. The highest BCUT2D eigenvalue weighted by atomic mass is 16.3. The number of anilines is 1. The zero-order chi connectivity index (χ0) is 10.3. The van der Waals surface area contributed by atoms with E-state index in [0.29, 0.717) is 6.04 Å². The van der Waals surface area contributed by atoms with Gasteiger partial charge in [-0.15, -0.1) is 0 Å². The van der Waals surface area contributed by atoms with Crippen LogP contribution in [0.25, 0.3) is 0 Å². The van der Waals surface area contributed by atoms with E-state index in [1.54, 1.807) is 6.07 Å². The van der Waals surface area contributed by atoms with E-state index in [1.807, 2.05) is 6.20 Å². The SMILES string of the molecule is Oc1cncc(N2CC[C@H]3CNC[C@H]32)c1. The summed E-state index contributed by atoms with van der Waals surface area (Å²) in [7, 11) is 0. The lowest BCUT2D eigenvalue weighted by Gasteiger charge is -2.25. The Balaban J connectivity index is 1.88. The molecule has 0 bridgehead atoms. The van der Waals surface area contributed by atoms with Crippen LogP contribution in [0, 0.1) is 5.92 Å². The molecular weight excluding hydrogens is 190 g/mol. The lowest BCUT2D eigenvalue weighted by atomic mass is 10.1. The highest BCUT2D eigenvalue weighted by molar-refractivity contribution is 5.50. The summed E-state index contributed by atoms with van der Waals surface area (Å²) in [6, 6.07) is 2.39. The molecule has 2 aliphatic rings. The van der Waals surface area contributed by atoms with Crippen LogP contribution in [0.5, 0.6) is 5.75 Å². The van der Waals surface area contributed by atoms with Crippen LogP contribution in [0.4, 0.5) is 5.69 Å². The predicted molar refractivity (Wildman–Crippen MR) is 58.0 cm³/mol. The van der Waals surface area contributed by atoms with Crippen LogP contribution in [-0.2, 0) is 0 Å². The van der Waals surface area contributed by atoms with Crippen molar-refractivity contribution >= 4 is 5.69 Å². The molecule has 0 spiro atoms. The molecule has 15 heavy (non-hydrogen) atoms. The van der Waals surface area contributed by atoms with Gasteiger partial charge in [-0.2, -0.15) is 0 Å². The van der Waals surface area contributed by atoms with Crippen molar-refractivity contribution in [1.82, 2.24) is 10.3 Å². The molecule has 0 amide bonds. The highest BCUT2D eigenvalue weighted by Crippen LogP contribution is 2.32. The average molecular weight is 205 g/mol. The van der Waals surface area contributed by atoms with E-state index >= 15 is 0 Å². The number of nitrogens with zero attached hydrogens (tertiary/aromatic N) is 2. The molecule has 0 saturated carbocycles. The van der Waals surface area contributed by atoms with Gasteiger partial charge in [0.1, 0.15) is 5.75 Å². The highest BCUT2D eigenvalue weighted by Gasteiger charge is 2.37. The molecule has 2 N–H and O–H groups in total. The number of hydrogen-bond acceptors (Lipinski definition) is 4. The molecule has 3 heterocycles. The quantitative estimate of drug-likeness (QED) is 0.704. The molecule has 4 heteroatoms. The van der Waals surface area contributed by atoms with Crippen molar-refractivity contribution in [2.75, 3.05) is 24.5 Å². The minimum absolute atomic E-state index is 0.252. The molecule has 2 atom stereocenters. The Morgan fingerprint density at radius 1 is 1.40 bits per heavy atom. The fourth-order valence-electron chi connectivity index (χ4n) is 2.74. The first-order valence-electron chi connectivity index (χ1n) is 5.46. The fourth-order valence-corrected chi connectivity index (χ4v) is 2.74. The summed E-state index contributed by atoms with van der Waals surface area (Å²) >= 11 is 0. The van der Waals surface area contributed by atoms with Crippen molar-refractivity contribution in [3.63, 3.8) is 0 Å². The Morgan fingerprint density at radius 3 is 3.20 bits per heavy atom. The molecule has 0 aromatic carbocycles. The van der Waals surface area contributed by atoms with Crippen molar-refractivity contribution < 1.29 is 5.11 Å². The Kier molecular flexibility index (Phi) is 2.02. The first-order chi connectivity index (χ1) is 7.34. The first kappa shape index (κ1) is 8.97. The molecule has 4 nitrogen and oxygen atoms in total. The van der Waals surface area contributed by atoms with Gasteiger partial charge in [0, 0.05) is 31.7 Å². The number of hydrogen-bond donors (Lipinski definition) is 2. The lowest BCUT2D eigenvalue weighted by molar-refractivity contribution is 0.472. The number of nitrogens with one attached hydrogen (secondary N) is 1. The van der Waals surface area contributed by atoms with Crippen molar-refractivity contribution in [3.05, 3.63) is 18.5 Å². The van der Waals surface area contributed by atoms with Gasteiger partial charge in [0.05, 0.1) is 18.1 Å². The topological polar surface area (TPSA) is 48.4 Å². The van der Waals surface area contributed by atoms with Gasteiger partial charge in [-0.05, 0) is 12.3 Å². The van der Waals surface area contributed by atoms with Gasteiger partial charge >= 0.3 is 0 Å². The summed E-state index contributed by atoms with van der Waals surface area (Å²) < 4.78 is 0. The molecule has 2 saturated heterocycles. The smallest absolute Gasteiger partial charge is 0.135 e. The van der Waals surface area contributed by atoms with E-state index < -0.39 is 0 Å². The molecule has 2 aliphatic heterocycles. The Labute approximate surface area is 88.9 Å². The van der Waals surface area contributed by atoms with Crippen LogP contribution in [0.15, 0.2) is 18.5 Å². The second kappa shape index (κ2) is 3.38. The molecule has 1 aromatic heterocycles. The lowest BCUT2D eigenvalue weighted by Crippen LogP contribution is -2.34. The summed E-state index contributed by atoms with van der Waals surface area (Å²) in [5, 5.41) is 12.8. The summed E-state index contributed by atoms with van der Waals surface area (Å²) in [6.45, 7) is 3.27. The van der Waals surface area contributed by atoms with Gasteiger partial charge in [0.2, 0.25) is 0 Å². The fraction of sp³-hybridized carbons (Fsp3) is 0.545. The van der Waals surface area contributed by atoms with Crippen molar-refractivity contribution in [2.45, 2.75) is 12.5 Å². The van der Waals surface area contributed by atoms with Gasteiger partial charge in [0.15, 0.2) is 0 Å². The van der Waals surface area contributed by atoms with E-state index in [-0.39, 0.29) is 5.75 Å². The summed E-state index contributed by atoms with van der Waals surface area (Å²) in [5.41, 5.74) is 1.05. The zero-order valence-corrected chi connectivity index (χ0v) is 8.56.